The van der Waals surface area contributed by atoms with Crippen molar-refractivity contribution in [3.8, 4) is 0 Å². The monoisotopic (exact) mass is 157 g/mol. The van der Waals surface area contributed by atoms with Crippen molar-refractivity contribution >= 4 is 0 Å². The van der Waals surface area contributed by atoms with Crippen molar-refractivity contribution in [3.05, 3.63) is 0 Å². The van der Waals surface area contributed by atoms with E-state index in [0.717, 1.165) is 12.8 Å². The van der Waals surface area contributed by atoms with Crippen LogP contribution >= 0.6 is 0 Å². The zero-order valence-electron chi connectivity index (χ0n) is 7.23. The number of nitrogens with two attached hydrogens (primary N) is 1. The van der Waals surface area contributed by atoms with E-state index in [1.807, 2.05) is 13.8 Å². The molecule has 2 saturated carbocycles. The Morgan fingerprint density at radius 2 is 1.91 bits per heavy atom. The summed E-state index contributed by atoms with van der Waals surface area (Å²) in [6.45, 7) is 3.92. The molecule has 2 rings (SSSR count). The summed E-state index contributed by atoms with van der Waals surface area (Å²) in [5.41, 5.74) is 4.56. The summed E-state index contributed by atoms with van der Waals surface area (Å²) >= 11 is 0. The Kier molecular flexibility index (Phi) is 1.23. The molecule has 0 heterocycles. The fraction of sp³-hybridized carbons (Fsp3) is 1.00. The fourth-order valence-corrected chi connectivity index (χ4v) is 2.25. The van der Waals surface area contributed by atoms with Crippen LogP contribution in [-0.4, -0.2) is 11.7 Å². The Morgan fingerprint density at radius 3 is 2.18 bits per heavy atom. The normalized spacial score (nSPS) is 48.5. The van der Waals surface area contributed by atoms with E-state index in [2.05, 4.69) is 0 Å². The average Bonchev–Trinajstić information content (AvgIpc) is 2.68. The molecule has 1 nitrogen and oxygen atoms in total. The van der Waals surface area contributed by atoms with Gasteiger partial charge in [-0.3, -0.25) is 0 Å². The molecule has 0 amide bonds. The van der Waals surface area contributed by atoms with Gasteiger partial charge in [0, 0.05) is 11.5 Å². The molecular formula is C9H16FN. The van der Waals surface area contributed by atoms with Crippen molar-refractivity contribution in [2.24, 2.45) is 17.1 Å². The van der Waals surface area contributed by atoms with E-state index in [1.54, 1.807) is 0 Å². The highest BCUT2D eigenvalue weighted by molar-refractivity contribution is 5.17. The second-order valence-corrected chi connectivity index (χ2v) is 4.67. The second-order valence-electron chi connectivity index (χ2n) is 4.67. The highest BCUT2D eigenvalue weighted by Gasteiger charge is 2.65. The van der Waals surface area contributed by atoms with Crippen LogP contribution in [0.2, 0.25) is 0 Å². The van der Waals surface area contributed by atoms with Gasteiger partial charge < -0.3 is 5.73 Å². The van der Waals surface area contributed by atoms with E-state index in [9.17, 15) is 4.39 Å². The van der Waals surface area contributed by atoms with Crippen LogP contribution in [0.25, 0.3) is 0 Å². The van der Waals surface area contributed by atoms with Gasteiger partial charge in [0.05, 0.1) is 0 Å². The van der Waals surface area contributed by atoms with Crippen LogP contribution in [0.3, 0.4) is 0 Å². The molecule has 2 aliphatic rings. The summed E-state index contributed by atoms with van der Waals surface area (Å²) in [5, 5.41) is 0. The number of alkyl halides is 1. The highest BCUT2D eigenvalue weighted by atomic mass is 19.1. The Bertz CT molecular complexity index is 186. The van der Waals surface area contributed by atoms with Gasteiger partial charge in [-0.2, -0.15) is 0 Å². The lowest BCUT2D eigenvalue weighted by Gasteiger charge is -2.55. The van der Waals surface area contributed by atoms with E-state index < -0.39 is 5.67 Å². The minimum Gasteiger partial charge on any atom is -0.327 e. The fourth-order valence-electron chi connectivity index (χ4n) is 2.25. The van der Waals surface area contributed by atoms with Crippen LogP contribution in [0.1, 0.15) is 33.1 Å². The van der Waals surface area contributed by atoms with Gasteiger partial charge in [0.2, 0.25) is 0 Å². The molecule has 2 fully saturated rings. The van der Waals surface area contributed by atoms with E-state index >= 15 is 0 Å². The number of rotatable bonds is 1. The van der Waals surface area contributed by atoms with Crippen molar-refractivity contribution < 1.29 is 4.39 Å². The Labute approximate surface area is 67.2 Å². The van der Waals surface area contributed by atoms with Gasteiger partial charge in [0.15, 0.2) is 0 Å². The molecule has 0 bridgehead atoms. The summed E-state index contributed by atoms with van der Waals surface area (Å²) in [6.07, 6.45) is 2.74. The Hall–Kier alpha value is -0.110. The van der Waals surface area contributed by atoms with Gasteiger partial charge in [-0.05, 0) is 25.2 Å². The molecule has 0 aromatic heterocycles. The molecule has 0 aromatic carbocycles. The molecule has 0 saturated heterocycles. The number of halogens is 1. The van der Waals surface area contributed by atoms with Crippen LogP contribution < -0.4 is 5.73 Å². The zero-order chi connectivity index (χ0) is 8.28. The van der Waals surface area contributed by atoms with E-state index in [4.69, 9.17) is 5.73 Å². The zero-order valence-corrected chi connectivity index (χ0v) is 7.23. The van der Waals surface area contributed by atoms with Crippen molar-refractivity contribution in [2.45, 2.75) is 44.8 Å². The molecule has 0 aliphatic heterocycles. The number of hydrogen-bond acceptors (Lipinski definition) is 1. The van der Waals surface area contributed by atoms with E-state index in [-0.39, 0.29) is 11.5 Å². The summed E-state index contributed by atoms with van der Waals surface area (Å²) in [6, 6.07) is 0.0769. The third-order valence-electron chi connectivity index (χ3n) is 3.74. The van der Waals surface area contributed by atoms with Crippen LogP contribution in [0.15, 0.2) is 0 Å². The predicted octanol–water partition coefficient (Wildman–Crippen LogP) is 1.86. The third kappa shape index (κ3) is 0.738. The Balaban J connectivity index is 2.16. The lowest BCUT2D eigenvalue weighted by molar-refractivity contribution is -0.117. The molecule has 11 heavy (non-hydrogen) atoms. The van der Waals surface area contributed by atoms with Crippen LogP contribution in [0.5, 0.6) is 0 Å². The summed E-state index contributed by atoms with van der Waals surface area (Å²) < 4.78 is 14.0. The molecule has 0 radical (unpaired) electrons. The quantitative estimate of drug-likeness (QED) is 0.617. The van der Waals surface area contributed by atoms with E-state index in [0.29, 0.717) is 12.3 Å². The maximum absolute atomic E-state index is 14.0. The first kappa shape index (κ1) is 7.53. The minimum atomic E-state index is -0.924. The van der Waals surface area contributed by atoms with Gasteiger partial charge >= 0.3 is 0 Å². The first-order valence-corrected chi connectivity index (χ1v) is 4.43. The smallest absolute Gasteiger partial charge is 0.121 e. The molecule has 2 atom stereocenters. The van der Waals surface area contributed by atoms with Crippen molar-refractivity contribution in [3.63, 3.8) is 0 Å². The average molecular weight is 157 g/mol. The molecule has 2 N–H and O–H groups in total. The van der Waals surface area contributed by atoms with Gasteiger partial charge in [0.1, 0.15) is 5.67 Å². The van der Waals surface area contributed by atoms with E-state index in [1.165, 1.54) is 0 Å². The molecule has 0 spiro atoms. The topological polar surface area (TPSA) is 26.0 Å². The predicted molar refractivity (Wildman–Crippen MR) is 42.9 cm³/mol. The lowest BCUT2D eigenvalue weighted by Crippen LogP contribution is -2.65. The van der Waals surface area contributed by atoms with Crippen molar-refractivity contribution in [1.29, 1.82) is 0 Å². The molecule has 0 aromatic rings. The van der Waals surface area contributed by atoms with Crippen molar-refractivity contribution in [1.82, 2.24) is 0 Å². The largest absolute Gasteiger partial charge is 0.327 e. The second kappa shape index (κ2) is 1.79. The highest BCUT2D eigenvalue weighted by Crippen LogP contribution is 2.61. The molecular weight excluding hydrogens is 141 g/mol. The van der Waals surface area contributed by atoms with Gasteiger partial charge in [0.25, 0.3) is 0 Å². The standard InChI is InChI=1S/C9H16FN/c1-8(2)7(11)5-9(8,10)6-3-4-6/h6-7H,3-5,11H2,1-2H3. The van der Waals surface area contributed by atoms with Crippen LogP contribution in [0, 0.1) is 11.3 Å². The Morgan fingerprint density at radius 1 is 1.36 bits per heavy atom. The van der Waals surface area contributed by atoms with Gasteiger partial charge in [-0.25, -0.2) is 4.39 Å². The molecule has 2 heteroatoms. The maximum Gasteiger partial charge on any atom is 0.121 e. The summed E-state index contributed by atoms with van der Waals surface area (Å²) in [4.78, 5) is 0. The summed E-state index contributed by atoms with van der Waals surface area (Å²) in [5.74, 6) is 0.331. The minimum absolute atomic E-state index is 0.0769. The maximum atomic E-state index is 14.0. The van der Waals surface area contributed by atoms with Crippen LogP contribution in [-0.2, 0) is 0 Å². The van der Waals surface area contributed by atoms with Crippen LogP contribution in [0.4, 0.5) is 4.39 Å². The SMILES string of the molecule is CC1(C)C(N)CC1(F)C1CC1. The molecule has 2 aliphatic carbocycles. The molecule has 2 unspecified atom stereocenters. The lowest BCUT2D eigenvalue weighted by atomic mass is 9.54. The summed E-state index contributed by atoms with van der Waals surface area (Å²) in [7, 11) is 0. The molecule has 64 valence electrons. The van der Waals surface area contributed by atoms with Crippen molar-refractivity contribution in [2.75, 3.05) is 0 Å². The first-order chi connectivity index (χ1) is 4.98. The first-order valence-electron chi connectivity index (χ1n) is 4.43. The van der Waals surface area contributed by atoms with Gasteiger partial charge in [-0.15, -0.1) is 0 Å². The van der Waals surface area contributed by atoms with Gasteiger partial charge in [-0.1, -0.05) is 13.8 Å². The third-order valence-corrected chi connectivity index (χ3v) is 3.74. The number of hydrogen-bond donors (Lipinski definition) is 1.